The topological polar surface area (TPSA) is 48.3 Å². The van der Waals surface area contributed by atoms with Gasteiger partial charge < -0.3 is 9.30 Å². The molecule has 0 amide bonds. The first kappa shape index (κ1) is 34.6. The lowest BCUT2D eigenvalue weighted by atomic mass is 9.65. The van der Waals surface area contributed by atoms with E-state index in [0.29, 0.717) is 0 Å². The minimum atomic E-state index is -3.65. The number of benzene rings is 9. The molecule has 5 heteroatoms. The van der Waals surface area contributed by atoms with Crippen LogP contribution in [0.3, 0.4) is 0 Å². The first-order valence-corrected chi connectivity index (χ1v) is 21.6. The summed E-state index contributed by atoms with van der Waals surface area (Å²) in [5.74, 6) is 1.62. The van der Waals surface area contributed by atoms with E-state index in [2.05, 4.69) is 162 Å². The summed E-state index contributed by atoms with van der Waals surface area (Å²) < 4.78 is 36.2. The van der Waals surface area contributed by atoms with Crippen molar-refractivity contribution in [1.82, 2.24) is 4.57 Å². The molecule has 1 spiro atoms. The van der Waals surface area contributed by atoms with Gasteiger partial charge in [-0.05, 0) is 123 Å². The molecule has 284 valence electrons. The summed E-state index contributed by atoms with van der Waals surface area (Å²) in [5.41, 5.74) is 13.8. The van der Waals surface area contributed by atoms with Crippen LogP contribution < -0.4 is 4.74 Å². The minimum absolute atomic E-state index is 0.262. The van der Waals surface area contributed by atoms with Gasteiger partial charge >= 0.3 is 0 Å². The monoisotopic (exact) mass is 789 g/mol. The van der Waals surface area contributed by atoms with Gasteiger partial charge in [0.15, 0.2) is 0 Å². The van der Waals surface area contributed by atoms with Gasteiger partial charge in [-0.25, -0.2) is 8.42 Å². The van der Waals surface area contributed by atoms with Crippen molar-refractivity contribution < 1.29 is 13.2 Å². The molecule has 4 nitrogen and oxygen atoms in total. The van der Waals surface area contributed by atoms with Gasteiger partial charge in [-0.3, -0.25) is 0 Å². The molecular weight excluding hydrogens is 755 g/mol. The predicted molar refractivity (Wildman–Crippen MR) is 241 cm³/mol. The van der Waals surface area contributed by atoms with E-state index in [1.165, 1.54) is 38.5 Å². The summed E-state index contributed by atoms with van der Waals surface area (Å²) in [6.07, 6.45) is 0. The van der Waals surface area contributed by atoms with Gasteiger partial charge in [-0.15, -0.1) is 0 Å². The molecule has 0 atom stereocenters. The molecule has 2 aliphatic rings. The van der Waals surface area contributed by atoms with Gasteiger partial charge in [0.1, 0.15) is 11.5 Å². The molecule has 1 aromatic heterocycles. The highest BCUT2D eigenvalue weighted by Crippen LogP contribution is 2.62. The molecule has 2 heterocycles. The smallest absolute Gasteiger partial charge is 0.206 e. The van der Waals surface area contributed by atoms with E-state index in [-0.39, 0.29) is 9.79 Å². The zero-order valence-electron chi connectivity index (χ0n) is 32.3. The lowest BCUT2D eigenvalue weighted by Crippen LogP contribution is -2.32. The second kappa shape index (κ2) is 13.0. The normalized spacial score (nSPS) is 13.4. The largest absolute Gasteiger partial charge is 0.457 e. The summed E-state index contributed by atoms with van der Waals surface area (Å²) in [6, 6.07) is 72.4. The molecule has 0 unspecified atom stereocenters. The SMILES string of the molecule is O=S(=O)(c1ccccc1)c1ccc(-c2ccc3c(c2)C2(c4cc(-c5ccc6c(c5)c5ccccc5n6-c5ccccc5)ccc4O3)c3ccccc3-c3ccccc32)cc1. The fraction of sp³-hybridized carbons (Fsp3) is 0.0182. The molecule has 12 rings (SSSR count). The molecule has 10 aromatic rings. The number of aromatic nitrogens is 1. The van der Waals surface area contributed by atoms with Gasteiger partial charge in [-0.1, -0.05) is 133 Å². The van der Waals surface area contributed by atoms with Crippen molar-refractivity contribution in [2.45, 2.75) is 15.2 Å². The fourth-order valence-electron chi connectivity index (χ4n) is 9.83. The molecule has 9 aromatic carbocycles. The number of hydrogen-bond donors (Lipinski definition) is 0. The molecule has 0 N–H and O–H groups in total. The van der Waals surface area contributed by atoms with Gasteiger partial charge in [0, 0.05) is 27.6 Å². The number of para-hydroxylation sites is 2. The van der Waals surface area contributed by atoms with E-state index < -0.39 is 15.3 Å². The minimum Gasteiger partial charge on any atom is -0.457 e. The third-order valence-corrected chi connectivity index (χ3v) is 14.3. The lowest BCUT2D eigenvalue weighted by molar-refractivity contribution is 0.436. The Hall–Kier alpha value is -7.47. The van der Waals surface area contributed by atoms with Crippen molar-refractivity contribution in [3.8, 4) is 50.6 Å². The Kier molecular flexibility index (Phi) is 7.50. The van der Waals surface area contributed by atoms with E-state index in [9.17, 15) is 8.42 Å². The second-order valence-electron chi connectivity index (χ2n) is 15.6. The molecule has 0 fully saturated rings. The van der Waals surface area contributed by atoms with Crippen molar-refractivity contribution in [3.63, 3.8) is 0 Å². The molecular formula is C55H35NO3S. The van der Waals surface area contributed by atoms with Crippen LogP contribution in [0.4, 0.5) is 0 Å². The Morgan fingerprint density at radius 3 is 1.53 bits per heavy atom. The summed E-state index contributed by atoms with van der Waals surface area (Å²) in [5, 5.41) is 2.41. The molecule has 0 saturated carbocycles. The first-order valence-electron chi connectivity index (χ1n) is 20.2. The standard InChI is InChI=1S/C55H35NO3S/c57-60(58,41-15-5-2-6-16-41)42-28-23-36(24-29-42)38-26-31-53-49(34-38)55(47-20-10-7-17-43(47)44-18-8-11-21-48(44)55)50-35-39(27-32-54(50)59-53)37-25-30-52-46(33-37)45-19-9-12-22-51(45)56(52)40-13-3-1-4-14-40/h1-35H. The van der Waals surface area contributed by atoms with Crippen LogP contribution in [0.25, 0.3) is 60.9 Å². The van der Waals surface area contributed by atoms with Crippen molar-refractivity contribution in [3.05, 3.63) is 235 Å². The average molecular weight is 790 g/mol. The van der Waals surface area contributed by atoms with Crippen LogP contribution in [0.2, 0.25) is 0 Å². The maximum absolute atomic E-state index is 13.5. The van der Waals surface area contributed by atoms with E-state index in [4.69, 9.17) is 4.74 Å². The predicted octanol–water partition coefficient (Wildman–Crippen LogP) is 13.4. The number of sulfone groups is 1. The van der Waals surface area contributed by atoms with E-state index in [1.54, 1.807) is 36.4 Å². The van der Waals surface area contributed by atoms with Crippen LogP contribution in [0.1, 0.15) is 22.3 Å². The second-order valence-corrected chi connectivity index (χ2v) is 17.6. The summed E-state index contributed by atoms with van der Waals surface area (Å²) in [6.45, 7) is 0. The van der Waals surface area contributed by atoms with Crippen molar-refractivity contribution >= 4 is 31.6 Å². The van der Waals surface area contributed by atoms with Crippen molar-refractivity contribution in [2.75, 3.05) is 0 Å². The van der Waals surface area contributed by atoms with Crippen LogP contribution in [0.5, 0.6) is 11.5 Å². The highest BCUT2D eigenvalue weighted by Gasteiger charge is 2.51. The van der Waals surface area contributed by atoms with Crippen LogP contribution in [-0.2, 0) is 15.3 Å². The maximum atomic E-state index is 13.5. The third-order valence-electron chi connectivity index (χ3n) is 12.5. The number of nitrogens with zero attached hydrogens (tertiary/aromatic N) is 1. The number of rotatable bonds is 5. The first-order chi connectivity index (χ1) is 29.5. The summed E-state index contributed by atoms with van der Waals surface area (Å²) in [4.78, 5) is 0.541. The van der Waals surface area contributed by atoms with Crippen LogP contribution in [0.15, 0.2) is 222 Å². The van der Waals surface area contributed by atoms with Crippen LogP contribution >= 0.6 is 0 Å². The molecule has 1 aliphatic heterocycles. The van der Waals surface area contributed by atoms with Gasteiger partial charge in [0.05, 0.1) is 26.2 Å². The molecule has 1 aliphatic carbocycles. The van der Waals surface area contributed by atoms with Gasteiger partial charge in [0.25, 0.3) is 0 Å². The third kappa shape index (κ3) is 4.93. The van der Waals surface area contributed by atoms with E-state index >= 15 is 0 Å². The Labute approximate surface area is 348 Å². The van der Waals surface area contributed by atoms with Crippen LogP contribution in [0, 0.1) is 0 Å². The molecule has 60 heavy (non-hydrogen) atoms. The zero-order chi connectivity index (χ0) is 40.0. The quantitative estimate of drug-likeness (QED) is 0.174. The maximum Gasteiger partial charge on any atom is 0.206 e. The Balaban J connectivity index is 1.05. The van der Waals surface area contributed by atoms with E-state index in [1.807, 2.05) is 18.2 Å². The highest BCUT2D eigenvalue weighted by molar-refractivity contribution is 7.91. The summed E-state index contributed by atoms with van der Waals surface area (Å²) >= 11 is 0. The van der Waals surface area contributed by atoms with Crippen molar-refractivity contribution in [1.29, 1.82) is 0 Å². The van der Waals surface area contributed by atoms with Gasteiger partial charge in [-0.2, -0.15) is 0 Å². The van der Waals surface area contributed by atoms with Gasteiger partial charge in [0.2, 0.25) is 9.84 Å². The molecule has 0 saturated heterocycles. The number of hydrogen-bond acceptors (Lipinski definition) is 3. The molecule has 0 radical (unpaired) electrons. The Morgan fingerprint density at radius 1 is 0.383 bits per heavy atom. The summed E-state index contributed by atoms with van der Waals surface area (Å²) in [7, 11) is -3.65. The lowest BCUT2D eigenvalue weighted by Gasteiger charge is -2.40. The zero-order valence-corrected chi connectivity index (χ0v) is 33.1. The molecule has 0 bridgehead atoms. The number of ether oxygens (including phenoxy) is 1. The Morgan fingerprint density at radius 2 is 0.867 bits per heavy atom. The average Bonchev–Trinajstić information content (AvgIpc) is 3.80. The Bertz CT molecular complexity index is 3420. The number of fused-ring (bicyclic) bond motifs is 12. The highest BCUT2D eigenvalue weighted by atomic mass is 32.2. The van der Waals surface area contributed by atoms with E-state index in [0.717, 1.165) is 56.1 Å². The fourth-order valence-corrected chi connectivity index (χ4v) is 11.1. The van der Waals surface area contributed by atoms with Crippen molar-refractivity contribution in [2.24, 2.45) is 0 Å². The van der Waals surface area contributed by atoms with Crippen LogP contribution in [-0.4, -0.2) is 13.0 Å².